The van der Waals surface area contributed by atoms with E-state index in [1.807, 2.05) is 26.0 Å². The molecule has 0 saturated carbocycles. The smallest absolute Gasteiger partial charge is 0.161 e. The first-order valence-electron chi connectivity index (χ1n) is 10.7. The number of phenolic OH excluding ortho intramolecular Hbond substituents is 2. The van der Waals surface area contributed by atoms with Gasteiger partial charge in [0.2, 0.25) is 0 Å². The van der Waals surface area contributed by atoms with Gasteiger partial charge in [0.25, 0.3) is 0 Å². The Labute approximate surface area is 196 Å². The van der Waals surface area contributed by atoms with Crippen LogP contribution in [0.2, 0.25) is 0 Å². The van der Waals surface area contributed by atoms with E-state index in [0.29, 0.717) is 31.3 Å². The minimum Gasteiger partial charge on any atom is -0.504 e. The molecule has 0 radical (unpaired) electrons. The number of methoxy groups -OCH3 is 4. The summed E-state index contributed by atoms with van der Waals surface area (Å²) in [5.74, 6) is 0.839. The number of hydrogen-bond donors (Lipinski definition) is 2. The van der Waals surface area contributed by atoms with Crippen LogP contribution in [0, 0.1) is 0 Å². The molecule has 0 amide bonds. The van der Waals surface area contributed by atoms with E-state index in [0.717, 1.165) is 11.1 Å². The maximum atomic E-state index is 10.6. The minimum atomic E-state index is -0.474. The van der Waals surface area contributed by atoms with Crippen molar-refractivity contribution in [2.75, 3.05) is 54.9 Å². The van der Waals surface area contributed by atoms with E-state index < -0.39 is 5.41 Å². The molecule has 33 heavy (non-hydrogen) atoms. The van der Waals surface area contributed by atoms with Gasteiger partial charge in [-0.2, -0.15) is 0 Å². The molecule has 0 bridgehead atoms. The van der Waals surface area contributed by atoms with Gasteiger partial charge >= 0.3 is 0 Å². The molecule has 0 aliphatic heterocycles. The van der Waals surface area contributed by atoms with Crippen molar-refractivity contribution in [3.63, 3.8) is 0 Å². The number of benzene rings is 2. The number of hydrogen-bond acceptors (Lipinski definition) is 8. The zero-order valence-corrected chi connectivity index (χ0v) is 20.3. The molecule has 0 spiro atoms. The SMILES string of the molecule is COCC(COC(COC)COc1ccc(C(C)(C)c2ccc(OC)c(O)c2)cc1O)OC. The van der Waals surface area contributed by atoms with Gasteiger partial charge in [0.15, 0.2) is 23.0 Å². The molecule has 2 atom stereocenters. The highest BCUT2D eigenvalue weighted by molar-refractivity contribution is 5.50. The van der Waals surface area contributed by atoms with E-state index in [-0.39, 0.29) is 30.3 Å². The summed E-state index contributed by atoms with van der Waals surface area (Å²) in [6, 6.07) is 10.6. The Morgan fingerprint density at radius 1 is 0.727 bits per heavy atom. The van der Waals surface area contributed by atoms with Crippen LogP contribution in [0.4, 0.5) is 0 Å². The first-order chi connectivity index (χ1) is 15.8. The quantitative estimate of drug-likeness (QED) is 0.439. The third-order valence-corrected chi connectivity index (χ3v) is 5.56. The molecule has 2 aromatic rings. The summed E-state index contributed by atoms with van der Waals surface area (Å²) in [7, 11) is 6.30. The number of aromatic hydroxyl groups is 2. The Bertz CT molecular complexity index is 867. The minimum absolute atomic E-state index is 0.0172. The van der Waals surface area contributed by atoms with Crippen LogP contribution in [0.5, 0.6) is 23.0 Å². The van der Waals surface area contributed by atoms with Crippen LogP contribution in [0.25, 0.3) is 0 Å². The average molecular weight is 465 g/mol. The molecule has 0 saturated heterocycles. The molecule has 0 aliphatic carbocycles. The summed E-state index contributed by atoms with van der Waals surface area (Å²) in [6.45, 7) is 5.29. The average Bonchev–Trinajstić information content (AvgIpc) is 2.80. The summed E-state index contributed by atoms with van der Waals surface area (Å²) >= 11 is 0. The van der Waals surface area contributed by atoms with Crippen LogP contribution in [-0.4, -0.2) is 77.3 Å². The van der Waals surface area contributed by atoms with Crippen LogP contribution in [0.1, 0.15) is 25.0 Å². The van der Waals surface area contributed by atoms with Gasteiger partial charge in [0, 0.05) is 26.7 Å². The Morgan fingerprint density at radius 2 is 1.27 bits per heavy atom. The number of phenols is 2. The summed E-state index contributed by atoms with van der Waals surface area (Å²) in [5.41, 5.74) is 1.27. The van der Waals surface area contributed by atoms with E-state index in [1.165, 1.54) is 7.11 Å². The normalized spacial score (nSPS) is 13.5. The lowest BCUT2D eigenvalue weighted by molar-refractivity contribution is -0.0812. The highest BCUT2D eigenvalue weighted by atomic mass is 16.6. The molecule has 8 nitrogen and oxygen atoms in total. The lowest BCUT2D eigenvalue weighted by Gasteiger charge is -2.27. The number of ether oxygens (including phenoxy) is 6. The maximum absolute atomic E-state index is 10.6. The van der Waals surface area contributed by atoms with Crippen molar-refractivity contribution >= 4 is 0 Å². The Kier molecular flexibility index (Phi) is 10.2. The molecule has 184 valence electrons. The zero-order chi connectivity index (χ0) is 24.4. The van der Waals surface area contributed by atoms with Gasteiger partial charge in [0.1, 0.15) is 18.8 Å². The van der Waals surface area contributed by atoms with Gasteiger partial charge in [-0.15, -0.1) is 0 Å². The number of rotatable bonds is 14. The fourth-order valence-electron chi connectivity index (χ4n) is 3.40. The molecule has 0 aliphatic rings. The highest BCUT2D eigenvalue weighted by Crippen LogP contribution is 2.39. The molecule has 2 rings (SSSR count). The van der Waals surface area contributed by atoms with Gasteiger partial charge in [-0.3, -0.25) is 0 Å². The molecule has 0 heterocycles. The van der Waals surface area contributed by atoms with Crippen molar-refractivity contribution < 1.29 is 38.6 Å². The van der Waals surface area contributed by atoms with E-state index >= 15 is 0 Å². The molecule has 2 unspecified atom stereocenters. The maximum Gasteiger partial charge on any atom is 0.161 e. The van der Waals surface area contributed by atoms with Crippen LogP contribution in [-0.2, 0) is 24.4 Å². The van der Waals surface area contributed by atoms with Crippen LogP contribution < -0.4 is 9.47 Å². The van der Waals surface area contributed by atoms with Gasteiger partial charge < -0.3 is 38.6 Å². The second-order valence-corrected chi connectivity index (χ2v) is 8.23. The Hall–Kier alpha value is -2.52. The second-order valence-electron chi connectivity index (χ2n) is 8.23. The summed E-state index contributed by atoms with van der Waals surface area (Å²) in [4.78, 5) is 0. The Morgan fingerprint density at radius 3 is 1.76 bits per heavy atom. The Balaban J connectivity index is 2.08. The molecule has 0 aromatic heterocycles. The van der Waals surface area contributed by atoms with Gasteiger partial charge in [-0.05, 0) is 35.4 Å². The van der Waals surface area contributed by atoms with Crippen molar-refractivity contribution in [2.24, 2.45) is 0 Å². The zero-order valence-electron chi connectivity index (χ0n) is 20.3. The van der Waals surface area contributed by atoms with Gasteiger partial charge in [0.05, 0.1) is 26.9 Å². The van der Waals surface area contributed by atoms with E-state index in [4.69, 9.17) is 28.4 Å². The second kappa shape index (κ2) is 12.6. The first kappa shape index (κ1) is 26.7. The predicted octanol–water partition coefficient (Wildman–Crippen LogP) is 3.50. The summed E-state index contributed by atoms with van der Waals surface area (Å²) < 4.78 is 32.4. The van der Waals surface area contributed by atoms with E-state index in [9.17, 15) is 10.2 Å². The van der Waals surface area contributed by atoms with Gasteiger partial charge in [-0.25, -0.2) is 0 Å². The van der Waals surface area contributed by atoms with Crippen LogP contribution >= 0.6 is 0 Å². The predicted molar refractivity (Wildman–Crippen MR) is 125 cm³/mol. The fraction of sp³-hybridized carbons (Fsp3) is 0.520. The summed E-state index contributed by atoms with van der Waals surface area (Å²) in [6.07, 6.45) is -0.538. The molecule has 2 N–H and O–H groups in total. The topological polar surface area (TPSA) is 95.8 Å². The van der Waals surface area contributed by atoms with Crippen LogP contribution in [0.15, 0.2) is 36.4 Å². The molecule has 2 aromatic carbocycles. The van der Waals surface area contributed by atoms with E-state index in [1.54, 1.807) is 45.6 Å². The summed E-state index contributed by atoms with van der Waals surface area (Å²) in [5, 5.41) is 20.8. The first-order valence-corrected chi connectivity index (χ1v) is 10.7. The molecular formula is C25H36O8. The van der Waals surface area contributed by atoms with Crippen molar-refractivity contribution in [2.45, 2.75) is 31.5 Å². The monoisotopic (exact) mass is 464 g/mol. The van der Waals surface area contributed by atoms with E-state index in [2.05, 4.69) is 0 Å². The van der Waals surface area contributed by atoms with Crippen LogP contribution in [0.3, 0.4) is 0 Å². The van der Waals surface area contributed by atoms with Crippen molar-refractivity contribution in [1.82, 2.24) is 0 Å². The van der Waals surface area contributed by atoms with Gasteiger partial charge in [-0.1, -0.05) is 26.0 Å². The molecular weight excluding hydrogens is 428 g/mol. The lowest BCUT2D eigenvalue weighted by Crippen LogP contribution is -2.32. The molecule has 0 fully saturated rings. The van der Waals surface area contributed by atoms with Crippen molar-refractivity contribution in [1.29, 1.82) is 0 Å². The largest absolute Gasteiger partial charge is 0.504 e. The van der Waals surface area contributed by atoms with Crippen molar-refractivity contribution in [3.05, 3.63) is 47.5 Å². The van der Waals surface area contributed by atoms with Crippen molar-refractivity contribution in [3.8, 4) is 23.0 Å². The third kappa shape index (κ3) is 7.23. The lowest BCUT2D eigenvalue weighted by atomic mass is 9.78. The standard InChI is InChI=1S/C25H36O8/c1-25(2,17-7-9-23(31-6)21(26)11-17)18-8-10-24(22(27)12-18)33-16-20(14-29-4)32-15-19(30-5)13-28-3/h7-12,19-20,26-27H,13-16H2,1-6H3. The highest BCUT2D eigenvalue weighted by Gasteiger charge is 2.26. The fourth-order valence-corrected chi connectivity index (χ4v) is 3.40. The third-order valence-electron chi connectivity index (χ3n) is 5.56. The molecule has 8 heteroatoms.